The first-order valence-corrected chi connectivity index (χ1v) is 7.77. The van der Waals surface area contributed by atoms with Crippen LogP contribution in [0.25, 0.3) is 0 Å². The number of rotatable bonds is 1. The molecule has 1 N–H and O–H groups in total. The maximum atomic E-state index is 6.36. The molecule has 1 atom stereocenters. The lowest BCUT2D eigenvalue weighted by atomic mass is 9.85. The number of halogens is 2. The fraction of sp³-hybridized carbons (Fsp3) is 0.571. The Morgan fingerprint density at radius 1 is 1.39 bits per heavy atom. The summed E-state index contributed by atoms with van der Waals surface area (Å²) in [5.74, 6) is 0. The molecule has 0 amide bonds. The second kappa shape index (κ2) is 5.55. The van der Waals surface area contributed by atoms with Gasteiger partial charge in [0.2, 0.25) is 0 Å². The zero-order chi connectivity index (χ0) is 13.3. The topological polar surface area (TPSA) is 15.3 Å². The van der Waals surface area contributed by atoms with Gasteiger partial charge in [-0.25, -0.2) is 0 Å². The average Bonchev–Trinajstić information content (AvgIpc) is 2.28. The van der Waals surface area contributed by atoms with Gasteiger partial charge in [0, 0.05) is 29.2 Å². The van der Waals surface area contributed by atoms with Crippen LogP contribution in [-0.4, -0.2) is 25.7 Å². The molecule has 1 heterocycles. The molecule has 0 aromatic heterocycles. The fourth-order valence-electron chi connectivity index (χ4n) is 2.29. The van der Waals surface area contributed by atoms with E-state index in [1.807, 2.05) is 6.07 Å². The summed E-state index contributed by atoms with van der Waals surface area (Å²) in [6, 6.07) is 6.79. The average molecular weight is 379 g/mol. The third-order valence-electron chi connectivity index (χ3n) is 3.47. The van der Waals surface area contributed by atoms with Crippen molar-refractivity contribution in [3.63, 3.8) is 0 Å². The standard InChI is InChI=1S/C14H20ClIN2/c1-14(2,3)13-9-18(7-6-17-13)12-5-4-10(16)8-11(12)15/h4-5,8,13,17H,6-7,9H2,1-3H3. The van der Waals surface area contributed by atoms with Crippen LogP contribution in [0, 0.1) is 8.99 Å². The number of hydrogen-bond donors (Lipinski definition) is 1. The van der Waals surface area contributed by atoms with Crippen LogP contribution in [0.15, 0.2) is 18.2 Å². The Balaban J connectivity index is 2.18. The van der Waals surface area contributed by atoms with Crippen molar-refractivity contribution in [3.8, 4) is 0 Å². The minimum Gasteiger partial charge on any atom is -0.367 e. The largest absolute Gasteiger partial charge is 0.367 e. The molecule has 0 spiro atoms. The zero-order valence-corrected chi connectivity index (χ0v) is 14.0. The number of nitrogens with zero attached hydrogens (tertiary/aromatic N) is 1. The van der Waals surface area contributed by atoms with Crippen LogP contribution in [0.2, 0.25) is 5.02 Å². The molecule has 1 unspecified atom stereocenters. The Hall–Kier alpha value is -0.000000000000000132. The summed E-state index contributed by atoms with van der Waals surface area (Å²) in [7, 11) is 0. The van der Waals surface area contributed by atoms with Crippen LogP contribution in [0.4, 0.5) is 5.69 Å². The van der Waals surface area contributed by atoms with E-state index in [2.05, 4.69) is 65.7 Å². The fourth-order valence-corrected chi connectivity index (χ4v) is 3.26. The smallest absolute Gasteiger partial charge is 0.0650 e. The normalized spacial score (nSPS) is 21.2. The molecule has 4 heteroatoms. The quantitative estimate of drug-likeness (QED) is 0.748. The Morgan fingerprint density at radius 2 is 2.11 bits per heavy atom. The summed E-state index contributed by atoms with van der Waals surface area (Å²) in [4.78, 5) is 2.39. The molecule has 0 saturated carbocycles. The van der Waals surface area contributed by atoms with E-state index in [0.29, 0.717) is 6.04 Å². The van der Waals surface area contributed by atoms with Crippen molar-refractivity contribution in [1.29, 1.82) is 0 Å². The number of benzene rings is 1. The lowest BCUT2D eigenvalue weighted by Crippen LogP contribution is -2.56. The first-order valence-electron chi connectivity index (χ1n) is 6.31. The van der Waals surface area contributed by atoms with E-state index in [4.69, 9.17) is 11.6 Å². The number of piperazine rings is 1. The minimum absolute atomic E-state index is 0.272. The van der Waals surface area contributed by atoms with Crippen molar-refractivity contribution >= 4 is 39.9 Å². The summed E-state index contributed by atoms with van der Waals surface area (Å²) in [6.07, 6.45) is 0. The van der Waals surface area contributed by atoms with E-state index in [0.717, 1.165) is 30.3 Å². The predicted octanol–water partition coefficient (Wildman–Crippen LogP) is 3.77. The molecule has 2 rings (SSSR count). The maximum Gasteiger partial charge on any atom is 0.0650 e. The Morgan fingerprint density at radius 3 is 2.72 bits per heavy atom. The Bertz CT molecular complexity index is 428. The Labute approximate surface area is 128 Å². The molecule has 1 aliphatic rings. The van der Waals surface area contributed by atoms with Crippen molar-refractivity contribution in [2.24, 2.45) is 5.41 Å². The van der Waals surface area contributed by atoms with Gasteiger partial charge in [-0.1, -0.05) is 32.4 Å². The summed E-state index contributed by atoms with van der Waals surface area (Å²) in [6.45, 7) is 9.90. The van der Waals surface area contributed by atoms with Gasteiger partial charge in [-0.05, 0) is 46.2 Å². The van der Waals surface area contributed by atoms with Gasteiger partial charge in [-0.2, -0.15) is 0 Å². The molecule has 0 bridgehead atoms. The second-order valence-corrected chi connectivity index (χ2v) is 7.57. The molecule has 1 aromatic carbocycles. The van der Waals surface area contributed by atoms with E-state index in [9.17, 15) is 0 Å². The molecule has 1 aliphatic heterocycles. The van der Waals surface area contributed by atoms with Gasteiger partial charge in [-0.15, -0.1) is 0 Å². The minimum atomic E-state index is 0.272. The third-order valence-corrected chi connectivity index (χ3v) is 4.44. The lowest BCUT2D eigenvalue weighted by molar-refractivity contribution is 0.254. The molecular formula is C14H20ClIN2. The number of anilines is 1. The molecule has 1 fully saturated rings. The Kier molecular flexibility index (Phi) is 4.44. The van der Waals surface area contributed by atoms with Crippen molar-refractivity contribution in [2.75, 3.05) is 24.5 Å². The summed E-state index contributed by atoms with van der Waals surface area (Å²) in [5.41, 5.74) is 1.43. The highest BCUT2D eigenvalue weighted by atomic mass is 127. The first-order chi connectivity index (χ1) is 8.38. The van der Waals surface area contributed by atoms with Gasteiger partial charge < -0.3 is 10.2 Å². The number of nitrogens with one attached hydrogen (secondary N) is 1. The molecule has 0 aliphatic carbocycles. The van der Waals surface area contributed by atoms with Crippen molar-refractivity contribution in [1.82, 2.24) is 5.32 Å². The van der Waals surface area contributed by atoms with Crippen LogP contribution < -0.4 is 10.2 Å². The van der Waals surface area contributed by atoms with Crippen LogP contribution in [-0.2, 0) is 0 Å². The monoisotopic (exact) mass is 378 g/mol. The van der Waals surface area contributed by atoms with E-state index in [1.165, 1.54) is 3.57 Å². The van der Waals surface area contributed by atoms with Crippen molar-refractivity contribution in [3.05, 3.63) is 26.8 Å². The highest BCUT2D eigenvalue weighted by molar-refractivity contribution is 14.1. The van der Waals surface area contributed by atoms with Crippen LogP contribution in [0.1, 0.15) is 20.8 Å². The first kappa shape index (κ1) is 14.4. The van der Waals surface area contributed by atoms with Gasteiger partial charge in [0.05, 0.1) is 10.7 Å². The van der Waals surface area contributed by atoms with Gasteiger partial charge >= 0.3 is 0 Å². The van der Waals surface area contributed by atoms with E-state index >= 15 is 0 Å². The summed E-state index contributed by atoms with van der Waals surface area (Å²) in [5, 5.41) is 4.46. The summed E-state index contributed by atoms with van der Waals surface area (Å²) < 4.78 is 1.18. The van der Waals surface area contributed by atoms with Crippen LogP contribution >= 0.6 is 34.2 Å². The van der Waals surface area contributed by atoms with E-state index in [1.54, 1.807) is 0 Å². The van der Waals surface area contributed by atoms with Gasteiger partial charge in [0.15, 0.2) is 0 Å². The van der Waals surface area contributed by atoms with Crippen LogP contribution in [0.5, 0.6) is 0 Å². The second-order valence-electron chi connectivity index (χ2n) is 5.91. The van der Waals surface area contributed by atoms with Crippen LogP contribution in [0.3, 0.4) is 0 Å². The predicted molar refractivity (Wildman–Crippen MR) is 87.6 cm³/mol. The van der Waals surface area contributed by atoms with Gasteiger partial charge in [0.1, 0.15) is 0 Å². The van der Waals surface area contributed by atoms with Gasteiger partial charge in [0.25, 0.3) is 0 Å². The number of hydrogen-bond acceptors (Lipinski definition) is 2. The molecule has 2 nitrogen and oxygen atoms in total. The molecule has 100 valence electrons. The SMILES string of the molecule is CC(C)(C)C1CN(c2ccc(I)cc2Cl)CCN1. The van der Waals surface area contributed by atoms with Gasteiger partial charge in [-0.3, -0.25) is 0 Å². The lowest BCUT2D eigenvalue weighted by Gasteiger charge is -2.41. The molecular weight excluding hydrogens is 359 g/mol. The van der Waals surface area contributed by atoms with Crippen molar-refractivity contribution in [2.45, 2.75) is 26.8 Å². The maximum absolute atomic E-state index is 6.36. The van der Waals surface area contributed by atoms with Crippen molar-refractivity contribution < 1.29 is 0 Å². The highest BCUT2D eigenvalue weighted by Gasteiger charge is 2.29. The zero-order valence-electron chi connectivity index (χ0n) is 11.1. The molecule has 1 saturated heterocycles. The highest BCUT2D eigenvalue weighted by Crippen LogP contribution is 2.30. The molecule has 18 heavy (non-hydrogen) atoms. The third kappa shape index (κ3) is 3.31. The summed E-state index contributed by atoms with van der Waals surface area (Å²) >= 11 is 8.65. The van der Waals surface area contributed by atoms with E-state index in [-0.39, 0.29) is 5.41 Å². The molecule has 1 aromatic rings. The molecule has 0 radical (unpaired) electrons. The van der Waals surface area contributed by atoms with E-state index < -0.39 is 0 Å².